The highest BCUT2D eigenvalue weighted by molar-refractivity contribution is 4.87. The van der Waals surface area contributed by atoms with Crippen LogP contribution >= 0.6 is 0 Å². The molecule has 0 aromatic heterocycles. The summed E-state index contributed by atoms with van der Waals surface area (Å²) in [6.45, 7) is 4.00. The summed E-state index contributed by atoms with van der Waals surface area (Å²) in [6.07, 6.45) is 5.09. The second-order valence-electron chi connectivity index (χ2n) is 5.25. The number of likely N-dealkylation sites (tertiary alicyclic amines) is 1. The van der Waals surface area contributed by atoms with E-state index in [9.17, 15) is 10.2 Å². The Balaban J connectivity index is 1.92. The van der Waals surface area contributed by atoms with Crippen molar-refractivity contribution in [3.8, 4) is 0 Å². The van der Waals surface area contributed by atoms with E-state index in [1.165, 1.54) is 12.8 Å². The average Bonchev–Trinajstić information content (AvgIpc) is 2.23. The first kappa shape index (κ1) is 11.4. The topological polar surface area (TPSA) is 43.7 Å². The molecule has 2 fully saturated rings. The highest BCUT2D eigenvalue weighted by Gasteiger charge is 2.33. The normalized spacial score (nSPS) is 44.2. The quantitative estimate of drug-likeness (QED) is 0.683. The number of hydrogen-bond donors (Lipinski definition) is 2. The largest absolute Gasteiger partial charge is 0.393 e. The lowest BCUT2D eigenvalue weighted by Crippen LogP contribution is -2.52. The molecule has 2 rings (SSSR count). The summed E-state index contributed by atoms with van der Waals surface area (Å²) in [5.41, 5.74) is 0. The lowest BCUT2D eigenvalue weighted by atomic mass is 9.88. The van der Waals surface area contributed by atoms with Crippen molar-refractivity contribution in [2.45, 2.75) is 57.3 Å². The summed E-state index contributed by atoms with van der Waals surface area (Å²) in [4.78, 5) is 2.39. The van der Waals surface area contributed by atoms with Crippen molar-refractivity contribution >= 4 is 0 Å². The van der Waals surface area contributed by atoms with Crippen molar-refractivity contribution in [3.63, 3.8) is 0 Å². The van der Waals surface area contributed by atoms with Gasteiger partial charge in [-0.15, -0.1) is 0 Å². The minimum atomic E-state index is -0.138. The van der Waals surface area contributed by atoms with Gasteiger partial charge in [0.05, 0.1) is 12.2 Å². The summed E-state index contributed by atoms with van der Waals surface area (Å²) < 4.78 is 0. The highest BCUT2D eigenvalue weighted by Crippen LogP contribution is 2.27. The molecule has 0 aromatic rings. The van der Waals surface area contributed by atoms with E-state index in [1.54, 1.807) is 0 Å². The number of rotatable bonds is 1. The van der Waals surface area contributed by atoms with Crippen LogP contribution < -0.4 is 0 Å². The van der Waals surface area contributed by atoms with E-state index in [-0.39, 0.29) is 12.2 Å². The molecule has 15 heavy (non-hydrogen) atoms. The van der Waals surface area contributed by atoms with Crippen molar-refractivity contribution in [1.29, 1.82) is 0 Å². The Bertz CT molecular complexity index is 210. The van der Waals surface area contributed by atoms with Crippen LogP contribution in [0.1, 0.15) is 39.0 Å². The van der Waals surface area contributed by atoms with Crippen LogP contribution in [0.25, 0.3) is 0 Å². The third-order valence-electron chi connectivity index (χ3n) is 4.05. The lowest BCUT2D eigenvalue weighted by molar-refractivity contribution is -0.0328. The number of nitrogens with zero attached hydrogens (tertiary/aromatic N) is 1. The molecule has 0 spiro atoms. The smallest absolute Gasteiger partial charge is 0.0695 e. The van der Waals surface area contributed by atoms with E-state index in [0.717, 1.165) is 32.4 Å². The molecule has 1 aliphatic carbocycles. The summed E-state index contributed by atoms with van der Waals surface area (Å²) in [5, 5.41) is 19.6. The third-order valence-corrected chi connectivity index (χ3v) is 4.05. The minimum absolute atomic E-state index is 0.137. The van der Waals surface area contributed by atoms with E-state index in [1.807, 2.05) is 0 Å². The summed E-state index contributed by atoms with van der Waals surface area (Å²) in [7, 11) is 0. The molecule has 1 aliphatic heterocycles. The standard InChI is InChI=1S/C12H23NO2/c1-9-8-13(7-6-11(9)14)10-4-2-3-5-12(10)15/h9-12,14-15H,2-8H2,1H3/t9?,10-,11?,12-/m0/s1. The Morgan fingerprint density at radius 3 is 2.40 bits per heavy atom. The van der Waals surface area contributed by atoms with Gasteiger partial charge in [-0.25, -0.2) is 0 Å². The van der Waals surface area contributed by atoms with E-state index in [0.29, 0.717) is 12.0 Å². The van der Waals surface area contributed by atoms with Crippen molar-refractivity contribution in [2.24, 2.45) is 5.92 Å². The van der Waals surface area contributed by atoms with Gasteiger partial charge in [0, 0.05) is 19.1 Å². The molecule has 2 aliphatic rings. The fourth-order valence-electron chi connectivity index (χ4n) is 2.98. The number of aliphatic hydroxyl groups is 2. The van der Waals surface area contributed by atoms with E-state index in [2.05, 4.69) is 11.8 Å². The molecule has 2 N–H and O–H groups in total. The van der Waals surface area contributed by atoms with Crippen LogP contribution in [0.5, 0.6) is 0 Å². The average molecular weight is 213 g/mol. The molecule has 3 nitrogen and oxygen atoms in total. The second kappa shape index (κ2) is 4.81. The molecule has 0 amide bonds. The maximum absolute atomic E-state index is 9.97. The highest BCUT2D eigenvalue weighted by atomic mass is 16.3. The lowest BCUT2D eigenvalue weighted by Gasteiger charge is -2.43. The predicted octanol–water partition coefficient (Wildman–Crippen LogP) is 0.993. The van der Waals surface area contributed by atoms with Gasteiger partial charge in [0.25, 0.3) is 0 Å². The van der Waals surface area contributed by atoms with Gasteiger partial charge in [-0.2, -0.15) is 0 Å². The molecule has 88 valence electrons. The third kappa shape index (κ3) is 2.52. The van der Waals surface area contributed by atoms with Crippen molar-refractivity contribution < 1.29 is 10.2 Å². The van der Waals surface area contributed by atoms with Crippen molar-refractivity contribution in [1.82, 2.24) is 4.90 Å². The van der Waals surface area contributed by atoms with Crippen molar-refractivity contribution in [3.05, 3.63) is 0 Å². The Morgan fingerprint density at radius 2 is 1.73 bits per heavy atom. The Morgan fingerprint density at radius 1 is 1.00 bits per heavy atom. The van der Waals surface area contributed by atoms with Crippen LogP contribution in [0.15, 0.2) is 0 Å². The Kier molecular flexibility index (Phi) is 3.65. The molecule has 0 bridgehead atoms. The summed E-state index contributed by atoms with van der Waals surface area (Å²) in [5.74, 6) is 0.355. The molecule has 0 aromatic carbocycles. The van der Waals surface area contributed by atoms with Crippen LogP contribution in [0.4, 0.5) is 0 Å². The maximum Gasteiger partial charge on any atom is 0.0695 e. The SMILES string of the molecule is CC1CN([C@H]2CCCC[C@@H]2O)CCC1O. The van der Waals surface area contributed by atoms with Gasteiger partial charge in [0.2, 0.25) is 0 Å². The Labute approximate surface area is 92.1 Å². The number of piperidine rings is 1. The van der Waals surface area contributed by atoms with Gasteiger partial charge in [-0.3, -0.25) is 4.90 Å². The zero-order valence-corrected chi connectivity index (χ0v) is 9.60. The molecule has 1 saturated carbocycles. The van der Waals surface area contributed by atoms with Crippen LogP contribution in [0.2, 0.25) is 0 Å². The first-order valence-electron chi connectivity index (χ1n) is 6.28. The summed E-state index contributed by atoms with van der Waals surface area (Å²) >= 11 is 0. The van der Waals surface area contributed by atoms with Gasteiger partial charge < -0.3 is 10.2 Å². The molecule has 4 atom stereocenters. The minimum Gasteiger partial charge on any atom is -0.393 e. The molecule has 0 radical (unpaired) electrons. The molecule has 2 unspecified atom stereocenters. The predicted molar refractivity (Wildman–Crippen MR) is 59.6 cm³/mol. The van der Waals surface area contributed by atoms with E-state index >= 15 is 0 Å². The van der Waals surface area contributed by atoms with Gasteiger partial charge >= 0.3 is 0 Å². The summed E-state index contributed by atoms with van der Waals surface area (Å²) in [6, 6.07) is 0.355. The Hall–Kier alpha value is -0.120. The van der Waals surface area contributed by atoms with Gasteiger partial charge in [0.15, 0.2) is 0 Å². The van der Waals surface area contributed by atoms with Crippen LogP contribution in [-0.4, -0.2) is 46.5 Å². The van der Waals surface area contributed by atoms with Crippen LogP contribution in [0, 0.1) is 5.92 Å². The number of aliphatic hydroxyl groups excluding tert-OH is 2. The van der Waals surface area contributed by atoms with E-state index in [4.69, 9.17) is 0 Å². The molecular formula is C12H23NO2. The number of hydrogen-bond acceptors (Lipinski definition) is 3. The zero-order valence-electron chi connectivity index (χ0n) is 9.60. The molecule has 3 heteroatoms. The maximum atomic E-state index is 9.97. The fourth-order valence-corrected chi connectivity index (χ4v) is 2.98. The monoisotopic (exact) mass is 213 g/mol. The van der Waals surface area contributed by atoms with Gasteiger partial charge in [0.1, 0.15) is 0 Å². The van der Waals surface area contributed by atoms with Crippen molar-refractivity contribution in [2.75, 3.05) is 13.1 Å². The van der Waals surface area contributed by atoms with Crippen LogP contribution in [0.3, 0.4) is 0 Å². The van der Waals surface area contributed by atoms with E-state index < -0.39 is 0 Å². The van der Waals surface area contributed by atoms with Gasteiger partial charge in [-0.1, -0.05) is 19.8 Å². The molecule has 1 saturated heterocycles. The van der Waals surface area contributed by atoms with Gasteiger partial charge in [-0.05, 0) is 25.2 Å². The molecule has 1 heterocycles. The first-order chi connectivity index (χ1) is 7.18. The molecular weight excluding hydrogens is 190 g/mol. The zero-order chi connectivity index (χ0) is 10.8. The first-order valence-corrected chi connectivity index (χ1v) is 6.28. The second-order valence-corrected chi connectivity index (χ2v) is 5.25. The fraction of sp³-hybridized carbons (Fsp3) is 1.00. The van der Waals surface area contributed by atoms with Crippen LogP contribution in [-0.2, 0) is 0 Å².